The Morgan fingerprint density at radius 1 is 1.04 bits per heavy atom. The van der Waals surface area contributed by atoms with E-state index in [0.29, 0.717) is 4.90 Å². The van der Waals surface area contributed by atoms with Gasteiger partial charge in [0, 0.05) is 27.6 Å². The predicted molar refractivity (Wildman–Crippen MR) is 101 cm³/mol. The number of rotatable bonds is 6. The highest BCUT2D eigenvalue weighted by Crippen LogP contribution is 2.34. The monoisotopic (exact) mass is 408 g/mol. The molecule has 0 radical (unpaired) electrons. The summed E-state index contributed by atoms with van der Waals surface area (Å²) in [7, 11) is 0. The van der Waals surface area contributed by atoms with E-state index in [1.807, 2.05) is 30.3 Å². The topological polar surface area (TPSA) is 145 Å². The Morgan fingerprint density at radius 3 is 2.39 bits per heavy atom. The molecule has 0 amide bonds. The fourth-order valence-electron chi connectivity index (χ4n) is 2.84. The van der Waals surface area contributed by atoms with Crippen LogP contribution in [-0.2, 0) is 4.74 Å². The van der Waals surface area contributed by atoms with Crippen LogP contribution in [0.2, 0.25) is 0 Å². The summed E-state index contributed by atoms with van der Waals surface area (Å²) in [6.07, 6.45) is -6.77. The summed E-state index contributed by atoms with van der Waals surface area (Å²) in [4.78, 5) is 12.2. The molecule has 1 saturated heterocycles. The number of aliphatic hydroxyl groups excluding tert-OH is 4. The van der Waals surface area contributed by atoms with Crippen molar-refractivity contribution >= 4 is 23.1 Å². The Balaban J connectivity index is 1.85. The highest BCUT2D eigenvalue weighted by Gasteiger charge is 2.43. The number of anilines is 1. The summed E-state index contributed by atoms with van der Waals surface area (Å²) >= 11 is 1.33. The van der Waals surface area contributed by atoms with Crippen molar-refractivity contribution in [3.8, 4) is 0 Å². The fraction of sp³-hybridized carbons (Fsp3) is 0.333. The Labute approximate surface area is 164 Å². The van der Waals surface area contributed by atoms with Crippen molar-refractivity contribution in [2.75, 3.05) is 11.9 Å². The van der Waals surface area contributed by atoms with Gasteiger partial charge in [-0.15, -0.1) is 0 Å². The van der Waals surface area contributed by atoms with E-state index in [4.69, 9.17) is 4.74 Å². The summed E-state index contributed by atoms with van der Waals surface area (Å²) in [6, 6.07) is 13.7. The van der Waals surface area contributed by atoms with Crippen LogP contribution in [0, 0.1) is 10.1 Å². The van der Waals surface area contributed by atoms with Crippen LogP contribution in [0.1, 0.15) is 0 Å². The first-order valence-corrected chi connectivity index (χ1v) is 9.30. The average Bonchev–Trinajstić information content (AvgIpc) is 2.69. The Kier molecular flexibility index (Phi) is 6.50. The van der Waals surface area contributed by atoms with Crippen LogP contribution in [0.25, 0.3) is 0 Å². The minimum absolute atomic E-state index is 0.159. The summed E-state index contributed by atoms with van der Waals surface area (Å²) < 4.78 is 5.40. The Bertz CT molecular complexity index is 821. The Hall–Kier alpha value is -2.21. The van der Waals surface area contributed by atoms with Gasteiger partial charge in [-0.25, -0.2) is 0 Å². The number of nitrogens with zero attached hydrogens (tertiary/aromatic N) is 1. The second-order valence-corrected chi connectivity index (χ2v) is 7.43. The molecule has 150 valence electrons. The third-order valence-electron chi connectivity index (χ3n) is 4.28. The first-order chi connectivity index (χ1) is 13.4. The number of hydrogen-bond donors (Lipinski definition) is 5. The normalized spacial score (nSPS) is 27.4. The number of nitro groups is 1. The van der Waals surface area contributed by atoms with Crippen molar-refractivity contribution in [1.29, 1.82) is 0 Å². The SMILES string of the molecule is O=[N+]([O-])c1cc(N[C@@H]2O[C@@H](CO)[C@@H](O)[C@@H](O)[C@@H]2O)cc(Sc2ccccc2)c1. The number of benzene rings is 2. The van der Waals surface area contributed by atoms with Crippen molar-refractivity contribution in [2.24, 2.45) is 0 Å². The van der Waals surface area contributed by atoms with Crippen molar-refractivity contribution in [3.63, 3.8) is 0 Å². The number of nitrogens with one attached hydrogen (secondary N) is 1. The van der Waals surface area contributed by atoms with Crippen molar-refractivity contribution in [3.05, 3.63) is 58.6 Å². The zero-order chi connectivity index (χ0) is 20.3. The van der Waals surface area contributed by atoms with Crippen LogP contribution in [-0.4, -0.2) is 62.6 Å². The highest BCUT2D eigenvalue weighted by atomic mass is 32.2. The molecule has 5 N–H and O–H groups in total. The van der Waals surface area contributed by atoms with Crippen molar-refractivity contribution in [2.45, 2.75) is 40.4 Å². The van der Waals surface area contributed by atoms with Crippen molar-refractivity contribution < 1.29 is 30.1 Å². The molecule has 3 rings (SSSR count). The lowest BCUT2D eigenvalue weighted by Crippen LogP contribution is -2.60. The fourth-order valence-corrected chi connectivity index (χ4v) is 3.77. The maximum absolute atomic E-state index is 11.3. The lowest BCUT2D eigenvalue weighted by atomic mass is 9.98. The average molecular weight is 408 g/mol. The first-order valence-electron chi connectivity index (χ1n) is 8.48. The van der Waals surface area contributed by atoms with E-state index < -0.39 is 42.2 Å². The standard InChI is InChI=1S/C18H20N2O7S/c21-9-14-15(22)16(23)17(24)18(27-14)19-10-6-11(20(25)26)8-13(7-10)28-12-4-2-1-3-5-12/h1-8,14-19,21-24H,9H2/t14-,15+,16+,17-,18+/m0/s1. The number of nitro benzene ring substituents is 1. The van der Waals surface area contributed by atoms with Crippen LogP contribution < -0.4 is 5.32 Å². The van der Waals surface area contributed by atoms with E-state index in [1.54, 1.807) is 6.07 Å². The maximum atomic E-state index is 11.3. The summed E-state index contributed by atoms with van der Waals surface area (Å²) in [6.45, 7) is -0.562. The van der Waals surface area contributed by atoms with Gasteiger partial charge in [-0.3, -0.25) is 10.1 Å². The smallest absolute Gasteiger partial charge is 0.272 e. The molecule has 1 aliphatic rings. The number of aliphatic hydroxyl groups is 4. The van der Waals surface area contributed by atoms with Gasteiger partial charge in [-0.05, 0) is 18.2 Å². The molecule has 1 fully saturated rings. The zero-order valence-corrected chi connectivity index (χ0v) is 15.4. The molecule has 9 nitrogen and oxygen atoms in total. The van der Waals surface area contributed by atoms with Gasteiger partial charge in [0.15, 0.2) is 6.23 Å². The first kappa shape index (κ1) is 20.5. The van der Waals surface area contributed by atoms with E-state index in [0.717, 1.165) is 4.90 Å². The molecule has 0 aromatic heterocycles. The maximum Gasteiger partial charge on any atom is 0.272 e. The molecule has 0 bridgehead atoms. The van der Waals surface area contributed by atoms with Gasteiger partial charge >= 0.3 is 0 Å². The minimum Gasteiger partial charge on any atom is -0.394 e. The Morgan fingerprint density at radius 2 is 1.75 bits per heavy atom. The molecule has 2 aromatic rings. The highest BCUT2D eigenvalue weighted by molar-refractivity contribution is 7.99. The molecule has 0 unspecified atom stereocenters. The number of ether oxygens (including phenoxy) is 1. The summed E-state index contributed by atoms with van der Waals surface area (Å²) in [5.41, 5.74) is 0.130. The zero-order valence-electron chi connectivity index (χ0n) is 14.6. The lowest BCUT2D eigenvalue weighted by molar-refractivity contribution is -0.385. The molecule has 0 saturated carbocycles. The second kappa shape index (κ2) is 8.86. The molecular formula is C18H20N2O7S. The van der Waals surface area contributed by atoms with Gasteiger partial charge in [0.05, 0.1) is 11.5 Å². The molecule has 0 spiro atoms. The minimum atomic E-state index is -1.54. The van der Waals surface area contributed by atoms with E-state index in [2.05, 4.69) is 5.32 Å². The molecule has 10 heteroatoms. The van der Waals surface area contributed by atoms with Crippen LogP contribution in [0.4, 0.5) is 11.4 Å². The summed E-state index contributed by atoms with van der Waals surface area (Å²) in [5.74, 6) is 0. The third kappa shape index (κ3) is 4.61. The van der Waals surface area contributed by atoms with Gasteiger partial charge in [-0.2, -0.15) is 0 Å². The van der Waals surface area contributed by atoms with Gasteiger partial charge < -0.3 is 30.5 Å². The van der Waals surface area contributed by atoms with E-state index in [9.17, 15) is 30.5 Å². The van der Waals surface area contributed by atoms with Gasteiger partial charge in [0.2, 0.25) is 0 Å². The van der Waals surface area contributed by atoms with E-state index >= 15 is 0 Å². The second-order valence-electron chi connectivity index (χ2n) is 6.28. The van der Waals surface area contributed by atoms with Crippen LogP contribution >= 0.6 is 11.8 Å². The predicted octanol–water partition coefficient (Wildman–Crippen LogP) is 0.958. The quantitative estimate of drug-likeness (QED) is 0.348. The number of non-ortho nitro benzene ring substituents is 1. The van der Waals surface area contributed by atoms with Crippen LogP contribution in [0.5, 0.6) is 0 Å². The molecule has 28 heavy (non-hydrogen) atoms. The molecule has 2 aromatic carbocycles. The molecule has 1 aliphatic heterocycles. The number of hydrogen-bond acceptors (Lipinski definition) is 9. The van der Waals surface area contributed by atoms with Crippen LogP contribution in [0.3, 0.4) is 0 Å². The van der Waals surface area contributed by atoms with Crippen molar-refractivity contribution in [1.82, 2.24) is 0 Å². The molecule has 1 heterocycles. The van der Waals surface area contributed by atoms with Gasteiger partial charge in [-0.1, -0.05) is 30.0 Å². The lowest BCUT2D eigenvalue weighted by Gasteiger charge is -2.40. The molecule has 5 atom stereocenters. The largest absolute Gasteiger partial charge is 0.394 e. The molecule has 0 aliphatic carbocycles. The van der Waals surface area contributed by atoms with E-state index in [-0.39, 0.29) is 11.4 Å². The van der Waals surface area contributed by atoms with Crippen LogP contribution in [0.15, 0.2) is 58.3 Å². The van der Waals surface area contributed by atoms with E-state index in [1.165, 1.54) is 23.9 Å². The third-order valence-corrected chi connectivity index (χ3v) is 5.26. The van der Waals surface area contributed by atoms with Gasteiger partial charge in [0.1, 0.15) is 24.4 Å². The van der Waals surface area contributed by atoms with Gasteiger partial charge in [0.25, 0.3) is 5.69 Å². The summed E-state index contributed by atoms with van der Waals surface area (Å²) in [5, 5.41) is 53.3. The molecular weight excluding hydrogens is 388 g/mol.